The van der Waals surface area contributed by atoms with Gasteiger partial charge in [-0.25, -0.2) is 0 Å². The second-order valence-corrected chi connectivity index (χ2v) is 5.62. The molecule has 20 heavy (non-hydrogen) atoms. The molecule has 0 aromatic carbocycles. The van der Waals surface area contributed by atoms with Gasteiger partial charge in [-0.3, -0.25) is 0 Å². The Balaban J connectivity index is 1.88. The molecule has 0 aromatic heterocycles. The van der Waals surface area contributed by atoms with Crippen LogP contribution in [0.5, 0.6) is 0 Å². The van der Waals surface area contributed by atoms with Crippen LogP contribution in [0.15, 0.2) is 47.6 Å². The molecule has 110 valence electrons. The lowest BCUT2D eigenvalue weighted by Gasteiger charge is -2.30. The summed E-state index contributed by atoms with van der Waals surface area (Å²) in [5.41, 5.74) is 0.0104. The van der Waals surface area contributed by atoms with Crippen molar-refractivity contribution in [2.75, 3.05) is 6.61 Å². The van der Waals surface area contributed by atoms with E-state index in [0.717, 1.165) is 12.5 Å². The molecule has 2 aliphatic rings. The molecule has 0 aromatic rings. The average molecular weight is 284 g/mol. The van der Waals surface area contributed by atoms with Crippen molar-refractivity contribution in [3.63, 3.8) is 0 Å². The minimum atomic E-state index is -4.27. The van der Waals surface area contributed by atoms with E-state index in [4.69, 9.17) is 4.74 Å². The van der Waals surface area contributed by atoms with Crippen LogP contribution < -0.4 is 0 Å². The summed E-state index contributed by atoms with van der Waals surface area (Å²) >= 11 is 0. The molecule has 0 bridgehead atoms. The van der Waals surface area contributed by atoms with Crippen LogP contribution in [-0.4, -0.2) is 18.4 Å². The van der Waals surface area contributed by atoms with Gasteiger partial charge in [0.05, 0.1) is 17.8 Å². The van der Waals surface area contributed by atoms with Crippen molar-refractivity contribution in [2.45, 2.75) is 38.5 Å². The zero-order chi connectivity index (χ0) is 14.8. The summed E-state index contributed by atoms with van der Waals surface area (Å²) in [6.45, 7) is 4.39. The Morgan fingerprint density at radius 2 is 2.05 bits per heavy atom. The molecule has 4 heteroatoms. The van der Waals surface area contributed by atoms with Crippen molar-refractivity contribution < 1.29 is 17.9 Å². The van der Waals surface area contributed by atoms with E-state index in [1.165, 1.54) is 17.7 Å². The highest BCUT2D eigenvalue weighted by Gasteiger charge is 2.35. The monoisotopic (exact) mass is 284 g/mol. The Kier molecular flexibility index (Phi) is 4.23. The normalized spacial score (nSPS) is 30.1. The lowest BCUT2D eigenvalue weighted by atomic mass is 9.92. The highest BCUT2D eigenvalue weighted by atomic mass is 19.4. The lowest BCUT2D eigenvalue weighted by Crippen LogP contribution is -2.30. The topological polar surface area (TPSA) is 9.23 Å². The predicted molar refractivity (Wildman–Crippen MR) is 73.3 cm³/mol. The summed E-state index contributed by atoms with van der Waals surface area (Å²) in [6.07, 6.45) is 7.05. The highest BCUT2D eigenvalue weighted by Crippen LogP contribution is 2.34. The molecule has 0 fully saturated rings. The fourth-order valence-electron chi connectivity index (χ4n) is 2.22. The average Bonchev–Trinajstić information content (AvgIpc) is 2.38. The van der Waals surface area contributed by atoms with Crippen LogP contribution >= 0.6 is 0 Å². The summed E-state index contributed by atoms with van der Waals surface area (Å²) in [4.78, 5) is 0. The first kappa shape index (κ1) is 15.1. The van der Waals surface area contributed by atoms with Gasteiger partial charge in [0, 0.05) is 5.92 Å². The molecule has 0 N–H and O–H groups in total. The van der Waals surface area contributed by atoms with Crippen molar-refractivity contribution in [2.24, 2.45) is 5.92 Å². The zero-order valence-electron chi connectivity index (χ0n) is 11.7. The van der Waals surface area contributed by atoms with Gasteiger partial charge in [-0.15, -0.1) is 0 Å². The quantitative estimate of drug-likeness (QED) is 0.728. The lowest BCUT2D eigenvalue weighted by molar-refractivity contribution is -0.0899. The number of allylic oxidation sites excluding steroid dienone is 5. The third-order valence-corrected chi connectivity index (χ3v) is 3.67. The molecule has 0 aliphatic heterocycles. The van der Waals surface area contributed by atoms with Crippen LogP contribution in [0.3, 0.4) is 0 Å². The highest BCUT2D eigenvalue weighted by molar-refractivity contribution is 5.31. The minimum Gasteiger partial charge on any atom is -0.370 e. The van der Waals surface area contributed by atoms with Gasteiger partial charge in [-0.05, 0) is 26.7 Å². The van der Waals surface area contributed by atoms with Crippen LogP contribution in [-0.2, 0) is 4.74 Å². The summed E-state index contributed by atoms with van der Waals surface area (Å²) in [6, 6.07) is 0. The number of rotatable bonds is 3. The van der Waals surface area contributed by atoms with Gasteiger partial charge in [0.2, 0.25) is 0 Å². The van der Waals surface area contributed by atoms with E-state index in [0.29, 0.717) is 12.5 Å². The second kappa shape index (κ2) is 5.60. The van der Waals surface area contributed by atoms with Crippen molar-refractivity contribution in [3.05, 3.63) is 47.6 Å². The van der Waals surface area contributed by atoms with Gasteiger partial charge in [0.25, 0.3) is 0 Å². The Labute approximate surface area is 117 Å². The van der Waals surface area contributed by atoms with E-state index in [9.17, 15) is 13.2 Å². The summed E-state index contributed by atoms with van der Waals surface area (Å²) in [5.74, 6) is 0.303. The van der Waals surface area contributed by atoms with E-state index in [1.54, 1.807) is 0 Å². The Morgan fingerprint density at radius 3 is 2.55 bits per heavy atom. The maximum Gasteiger partial charge on any atom is 0.416 e. The molecule has 0 heterocycles. The minimum absolute atomic E-state index is 0.254. The summed E-state index contributed by atoms with van der Waals surface area (Å²) in [5, 5.41) is 0. The van der Waals surface area contributed by atoms with Gasteiger partial charge in [0.15, 0.2) is 0 Å². The molecule has 2 aliphatic carbocycles. The Morgan fingerprint density at radius 1 is 1.30 bits per heavy atom. The maximum absolute atomic E-state index is 12.5. The third kappa shape index (κ3) is 3.85. The summed E-state index contributed by atoms with van der Waals surface area (Å²) in [7, 11) is 0. The molecule has 0 radical (unpaired) electrons. The van der Waals surface area contributed by atoms with E-state index in [-0.39, 0.29) is 6.42 Å². The van der Waals surface area contributed by atoms with Crippen molar-refractivity contribution in [1.29, 1.82) is 0 Å². The molecular weight excluding hydrogens is 265 g/mol. The number of hydrogen-bond acceptors (Lipinski definition) is 1. The number of alkyl halides is 3. The molecule has 2 rings (SSSR count). The smallest absolute Gasteiger partial charge is 0.370 e. The number of ether oxygens (including phenoxy) is 1. The molecule has 2 unspecified atom stereocenters. The molecule has 0 saturated heterocycles. The molecule has 2 atom stereocenters. The van der Waals surface area contributed by atoms with Crippen LogP contribution in [0.25, 0.3) is 0 Å². The van der Waals surface area contributed by atoms with E-state index in [2.05, 4.69) is 18.2 Å². The van der Waals surface area contributed by atoms with Crippen molar-refractivity contribution in [3.8, 4) is 0 Å². The first-order valence-corrected chi connectivity index (χ1v) is 6.74. The van der Waals surface area contributed by atoms with Gasteiger partial charge in [-0.2, -0.15) is 13.2 Å². The predicted octanol–water partition coefficient (Wildman–Crippen LogP) is 4.73. The van der Waals surface area contributed by atoms with E-state index >= 15 is 0 Å². The number of halogens is 3. The van der Waals surface area contributed by atoms with Crippen molar-refractivity contribution in [1.82, 2.24) is 0 Å². The summed E-state index contributed by atoms with van der Waals surface area (Å²) < 4.78 is 43.4. The van der Waals surface area contributed by atoms with Gasteiger partial charge in [0.1, 0.15) is 0 Å². The maximum atomic E-state index is 12.5. The van der Waals surface area contributed by atoms with Crippen LogP contribution in [0.1, 0.15) is 26.7 Å². The SMILES string of the molecule is CC1=CCC(COC2(C)C=CC(C(F)(F)F)=CC2)C=C1. The van der Waals surface area contributed by atoms with E-state index in [1.807, 2.05) is 13.8 Å². The van der Waals surface area contributed by atoms with Gasteiger partial charge >= 0.3 is 6.18 Å². The van der Waals surface area contributed by atoms with E-state index < -0.39 is 17.4 Å². The first-order chi connectivity index (χ1) is 9.28. The molecular formula is C16H19F3O. The van der Waals surface area contributed by atoms with Crippen molar-refractivity contribution >= 4 is 0 Å². The third-order valence-electron chi connectivity index (χ3n) is 3.67. The van der Waals surface area contributed by atoms with Gasteiger partial charge in [-0.1, -0.05) is 42.0 Å². The Bertz CT molecular complexity index is 482. The van der Waals surface area contributed by atoms with Crippen LogP contribution in [0.2, 0.25) is 0 Å². The largest absolute Gasteiger partial charge is 0.416 e. The van der Waals surface area contributed by atoms with Crippen LogP contribution in [0.4, 0.5) is 13.2 Å². The molecule has 0 amide bonds. The molecule has 0 spiro atoms. The zero-order valence-corrected chi connectivity index (χ0v) is 11.7. The molecule has 1 nitrogen and oxygen atoms in total. The fraction of sp³-hybridized carbons (Fsp3) is 0.500. The number of hydrogen-bond donors (Lipinski definition) is 0. The second-order valence-electron chi connectivity index (χ2n) is 5.62. The van der Waals surface area contributed by atoms with Crippen LogP contribution in [0, 0.1) is 5.92 Å². The first-order valence-electron chi connectivity index (χ1n) is 6.74. The fourth-order valence-corrected chi connectivity index (χ4v) is 2.22. The molecule has 0 saturated carbocycles. The van der Waals surface area contributed by atoms with Gasteiger partial charge < -0.3 is 4.74 Å². The standard InChI is InChI=1S/C16H19F3O/c1-12-3-5-13(6-4-12)11-20-15(2)9-7-14(8-10-15)16(17,18)19/h3-5,7-9,13H,6,10-11H2,1-2H3. The Hall–Kier alpha value is -1.29.